The summed E-state index contributed by atoms with van der Waals surface area (Å²) in [6.07, 6.45) is 69.3. The summed E-state index contributed by atoms with van der Waals surface area (Å²) in [6.45, 7) is 4.44. The van der Waals surface area contributed by atoms with Crippen LogP contribution in [0.25, 0.3) is 0 Å². The zero-order valence-electron chi connectivity index (χ0n) is 47.6. The SMILES string of the molecule is CC/C=C\C/C=C\C/C=C\C/C=C\C/C=C\C/C=C\C/C=C\CCCCCC(=O)OC(COCCCCCCCCCCCCCCCCCCCCCCCCCCCC)COC1OC(CO)C(O)C(O)C1O. The lowest BCUT2D eigenvalue weighted by molar-refractivity contribution is -0.305. The minimum atomic E-state index is -1.55. The molecule has 4 N–H and O–H groups in total. The minimum absolute atomic E-state index is 0.129. The van der Waals surface area contributed by atoms with Gasteiger partial charge in [-0.05, 0) is 70.6 Å². The van der Waals surface area contributed by atoms with Crippen molar-refractivity contribution in [3.05, 3.63) is 85.1 Å². The summed E-state index contributed by atoms with van der Waals surface area (Å²) in [4.78, 5) is 12.9. The fourth-order valence-corrected chi connectivity index (χ4v) is 9.12. The van der Waals surface area contributed by atoms with Crippen molar-refractivity contribution < 1.29 is 44.2 Å². The van der Waals surface area contributed by atoms with Crippen molar-refractivity contribution in [1.82, 2.24) is 0 Å². The highest BCUT2D eigenvalue weighted by Gasteiger charge is 2.44. The molecule has 0 spiro atoms. The molecule has 0 saturated carbocycles. The molecule has 0 radical (unpaired) electrons. The Kier molecular flexibility index (Phi) is 51.7. The maximum atomic E-state index is 12.9. The third kappa shape index (κ3) is 44.5. The number of allylic oxidation sites excluding steroid dienone is 14. The summed E-state index contributed by atoms with van der Waals surface area (Å²) < 4.78 is 23.0. The van der Waals surface area contributed by atoms with Gasteiger partial charge in [0.05, 0.1) is 19.8 Å². The molecule has 1 rings (SSSR count). The molecule has 0 amide bonds. The Hall–Kier alpha value is -2.63. The average Bonchev–Trinajstić information content (AvgIpc) is 3.40. The fraction of sp³-hybridized carbons (Fsp3) is 0.769. The molecule has 1 heterocycles. The third-order valence-corrected chi connectivity index (χ3v) is 13.8. The smallest absolute Gasteiger partial charge is 0.306 e. The Labute approximate surface area is 454 Å². The summed E-state index contributed by atoms with van der Waals surface area (Å²) in [5, 5.41) is 40.4. The van der Waals surface area contributed by atoms with E-state index < -0.39 is 43.4 Å². The third-order valence-electron chi connectivity index (χ3n) is 13.8. The monoisotopic (exact) mass is 1040 g/mol. The van der Waals surface area contributed by atoms with Crippen molar-refractivity contribution in [2.45, 2.75) is 295 Å². The van der Waals surface area contributed by atoms with Crippen LogP contribution in [0.15, 0.2) is 85.1 Å². The molecule has 428 valence electrons. The minimum Gasteiger partial charge on any atom is -0.457 e. The average molecular weight is 1040 g/mol. The van der Waals surface area contributed by atoms with Crippen molar-refractivity contribution in [2.75, 3.05) is 26.4 Å². The van der Waals surface area contributed by atoms with E-state index >= 15 is 0 Å². The quantitative estimate of drug-likeness (QED) is 0.0267. The molecule has 9 nitrogen and oxygen atoms in total. The van der Waals surface area contributed by atoms with Gasteiger partial charge in [-0.15, -0.1) is 0 Å². The summed E-state index contributed by atoms with van der Waals surface area (Å²) in [5.74, 6) is -0.343. The van der Waals surface area contributed by atoms with Gasteiger partial charge in [-0.3, -0.25) is 4.79 Å². The number of hydrogen-bond acceptors (Lipinski definition) is 9. The number of aliphatic hydroxyl groups excluding tert-OH is 4. The highest BCUT2D eigenvalue weighted by Crippen LogP contribution is 2.23. The summed E-state index contributed by atoms with van der Waals surface area (Å²) in [6, 6.07) is 0. The summed E-state index contributed by atoms with van der Waals surface area (Å²) in [7, 11) is 0. The van der Waals surface area contributed by atoms with Gasteiger partial charge in [0.1, 0.15) is 30.5 Å². The molecule has 0 bridgehead atoms. The topological polar surface area (TPSA) is 135 Å². The highest BCUT2D eigenvalue weighted by atomic mass is 16.7. The maximum Gasteiger partial charge on any atom is 0.306 e. The molecular formula is C65H114O9. The van der Waals surface area contributed by atoms with Crippen LogP contribution in [0.2, 0.25) is 0 Å². The van der Waals surface area contributed by atoms with Crippen molar-refractivity contribution in [3.8, 4) is 0 Å². The van der Waals surface area contributed by atoms with Crippen molar-refractivity contribution in [1.29, 1.82) is 0 Å². The largest absolute Gasteiger partial charge is 0.457 e. The predicted octanol–water partition coefficient (Wildman–Crippen LogP) is 16.5. The molecule has 0 aromatic carbocycles. The first-order valence-electron chi connectivity index (χ1n) is 30.7. The van der Waals surface area contributed by atoms with Crippen molar-refractivity contribution in [2.24, 2.45) is 0 Å². The van der Waals surface area contributed by atoms with Crippen LogP contribution < -0.4 is 0 Å². The highest BCUT2D eigenvalue weighted by molar-refractivity contribution is 5.69. The molecule has 1 saturated heterocycles. The normalized spacial score (nSPS) is 19.1. The van der Waals surface area contributed by atoms with Gasteiger partial charge in [-0.1, -0.05) is 266 Å². The Bertz CT molecular complexity index is 1420. The maximum absolute atomic E-state index is 12.9. The van der Waals surface area contributed by atoms with E-state index in [1.54, 1.807) is 0 Å². The molecule has 6 unspecified atom stereocenters. The van der Waals surface area contributed by atoms with Gasteiger partial charge in [0, 0.05) is 13.0 Å². The van der Waals surface area contributed by atoms with Crippen LogP contribution in [0.1, 0.15) is 258 Å². The van der Waals surface area contributed by atoms with Gasteiger partial charge in [0.15, 0.2) is 6.29 Å². The number of hydrogen-bond donors (Lipinski definition) is 4. The number of carbonyl (C=O) groups excluding carboxylic acids is 1. The van der Waals surface area contributed by atoms with Crippen LogP contribution in [0.4, 0.5) is 0 Å². The number of ether oxygens (including phenoxy) is 4. The van der Waals surface area contributed by atoms with Gasteiger partial charge in [0.25, 0.3) is 0 Å². The number of rotatable bonds is 53. The van der Waals surface area contributed by atoms with Crippen LogP contribution in [-0.4, -0.2) is 89.6 Å². The lowest BCUT2D eigenvalue weighted by atomic mass is 9.99. The first-order valence-corrected chi connectivity index (χ1v) is 30.7. The van der Waals surface area contributed by atoms with Crippen molar-refractivity contribution >= 4 is 5.97 Å². The summed E-state index contributed by atoms with van der Waals surface area (Å²) in [5.41, 5.74) is 0. The molecular weight excluding hydrogens is 925 g/mol. The zero-order valence-corrected chi connectivity index (χ0v) is 47.6. The second kappa shape index (κ2) is 55.1. The van der Waals surface area contributed by atoms with Crippen LogP contribution in [0.3, 0.4) is 0 Å². The lowest BCUT2D eigenvalue weighted by Gasteiger charge is -2.39. The molecule has 1 aliphatic rings. The second-order valence-electron chi connectivity index (χ2n) is 20.8. The summed E-state index contributed by atoms with van der Waals surface area (Å²) >= 11 is 0. The first kappa shape index (κ1) is 69.4. The predicted molar refractivity (Wildman–Crippen MR) is 311 cm³/mol. The van der Waals surface area contributed by atoms with Crippen LogP contribution in [0.5, 0.6) is 0 Å². The number of esters is 1. The Morgan fingerprint density at radius 3 is 1.23 bits per heavy atom. The van der Waals surface area contributed by atoms with Crippen LogP contribution in [0, 0.1) is 0 Å². The van der Waals surface area contributed by atoms with E-state index in [9.17, 15) is 25.2 Å². The van der Waals surface area contributed by atoms with E-state index in [0.717, 1.165) is 77.0 Å². The molecule has 74 heavy (non-hydrogen) atoms. The van der Waals surface area contributed by atoms with E-state index in [2.05, 4.69) is 98.9 Å². The Morgan fingerprint density at radius 1 is 0.446 bits per heavy atom. The van der Waals surface area contributed by atoms with Crippen LogP contribution >= 0.6 is 0 Å². The lowest BCUT2D eigenvalue weighted by Crippen LogP contribution is -2.59. The second-order valence-corrected chi connectivity index (χ2v) is 20.8. The number of aliphatic hydroxyl groups is 4. The van der Waals surface area contributed by atoms with Gasteiger partial charge in [-0.2, -0.15) is 0 Å². The van der Waals surface area contributed by atoms with Gasteiger partial charge >= 0.3 is 5.97 Å². The number of unbranched alkanes of at least 4 members (excludes halogenated alkanes) is 28. The van der Waals surface area contributed by atoms with Crippen LogP contribution in [-0.2, 0) is 23.7 Å². The van der Waals surface area contributed by atoms with Crippen molar-refractivity contribution in [3.63, 3.8) is 0 Å². The standard InChI is InChI=1S/C65H114O9/c1-3-5-7-9-11-13-15-17-19-21-23-25-27-29-31-33-35-37-39-41-43-45-47-49-51-53-55-71-57-59(58-72-65-64(70)63(69)62(68)60(56-66)74-65)73-61(67)54-52-50-48-46-44-42-40-38-36-34-32-30-28-26-24-22-20-18-16-14-12-10-8-6-4-2/h6,8,12,14,18,20,24,26,30,32,36,38,42,44,59-60,62-66,68-70H,3-5,7,9-11,13,15-17,19,21-23,25,27-29,31,33-35,37,39-41,43,45-58H2,1-2H3/b8-6-,14-12-,20-18-,26-24-,32-30-,38-36-,44-42-. The molecule has 9 heteroatoms. The Balaban J connectivity index is 2.16. The molecule has 0 aliphatic carbocycles. The van der Waals surface area contributed by atoms with E-state index in [1.165, 1.54) is 154 Å². The van der Waals surface area contributed by atoms with Gasteiger partial charge < -0.3 is 39.4 Å². The van der Waals surface area contributed by atoms with E-state index in [-0.39, 0.29) is 25.6 Å². The van der Waals surface area contributed by atoms with E-state index in [0.29, 0.717) is 13.0 Å². The molecule has 1 fully saturated rings. The molecule has 6 atom stereocenters. The molecule has 1 aliphatic heterocycles. The molecule has 0 aromatic heterocycles. The Morgan fingerprint density at radius 2 is 0.824 bits per heavy atom. The first-order chi connectivity index (χ1) is 36.4. The van der Waals surface area contributed by atoms with E-state index in [4.69, 9.17) is 18.9 Å². The number of carbonyl (C=O) groups is 1. The fourth-order valence-electron chi connectivity index (χ4n) is 9.12. The van der Waals surface area contributed by atoms with E-state index in [1.807, 2.05) is 0 Å². The van der Waals surface area contributed by atoms with Gasteiger partial charge in [0.2, 0.25) is 0 Å². The molecule has 0 aromatic rings. The zero-order chi connectivity index (χ0) is 53.5. The van der Waals surface area contributed by atoms with Gasteiger partial charge in [-0.25, -0.2) is 0 Å².